The average molecular weight is 254 g/mol. The van der Waals surface area contributed by atoms with Crippen LogP contribution in [0.15, 0.2) is 29.2 Å². The van der Waals surface area contributed by atoms with Gasteiger partial charge in [0.2, 0.25) is 10.0 Å². The van der Waals surface area contributed by atoms with Crippen LogP contribution in [0.25, 0.3) is 0 Å². The van der Waals surface area contributed by atoms with E-state index in [1.165, 1.54) is 0 Å². The summed E-state index contributed by atoms with van der Waals surface area (Å²) < 4.78 is 26.7. The lowest BCUT2D eigenvalue weighted by atomic mass is 10.0. The molecule has 0 fully saturated rings. The maximum atomic E-state index is 12.0. The van der Waals surface area contributed by atoms with Gasteiger partial charge in [0.05, 0.1) is 5.69 Å². The van der Waals surface area contributed by atoms with Crippen LogP contribution in [0.1, 0.15) is 20.8 Å². The molecule has 0 saturated carbocycles. The summed E-state index contributed by atoms with van der Waals surface area (Å²) in [4.78, 5) is 2.49. The minimum absolute atomic E-state index is 0.0996. The summed E-state index contributed by atoms with van der Waals surface area (Å²) in [5.74, 6) is 0. The standard InChI is InChI=1S/C12H18N2O2S/c1-12(2,3)14-9-8-13-17(15,16)11-7-5-4-6-10(11)14/h4-7,13H,8-9H2,1-3H3. The molecule has 0 unspecified atom stereocenters. The van der Waals surface area contributed by atoms with E-state index in [0.717, 1.165) is 5.69 Å². The summed E-state index contributed by atoms with van der Waals surface area (Å²) in [5.41, 5.74) is 0.683. The third-order valence-corrected chi connectivity index (χ3v) is 4.39. The lowest BCUT2D eigenvalue weighted by molar-refractivity contribution is 0.503. The highest BCUT2D eigenvalue weighted by molar-refractivity contribution is 7.89. The lowest BCUT2D eigenvalue weighted by Gasteiger charge is -2.37. The molecule has 1 aliphatic heterocycles. The Morgan fingerprint density at radius 2 is 1.88 bits per heavy atom. The molecule has 1 aromatic carbocycles. The first-order valence-electron chi connectivity index (χ1n) is 5.69. The van der Waals surface area contributed by atoms with Crippen LogP contribution in [0.2, 0.25) is 0 Å². The van der Waals surface area contributed by atoms with Crippen molar-refractivity contribution in [3.05, 3.63) is 24.3 Å². The Bertz CT molecular complexity index is 518. The fraction of sp³-hybridized carbons (Fsp3) is 0.500. The van der Waals surface area contributed by atoms with Crippen molar-refractivity contribution < 1.29 is 8.42 Å². The minimum atomic E-state index is -3.36. The molecule has 0 atom stereocenters. The molecular weight excluding hydrogens is 236 g/mol. The minimum Gasteiger partial charge on any atom is -0.364 e. The van der Waals surface area contributed by atoms with Gasteiger partial charge in [-0.15, -0.1) is 0 Å². The Balaban J connectivity index is 2.63. The number of hydrogen-bond donors (Lipinski definition) is 1. The molecular formula is C12H18N2O2S. The van der Waals surface area contributed by atoms with E-state index in [-0.39, 0.29) is 5.54 Å². The Hall–Kier alpha value is -1.07. The monoisotopic (exact) mass is 254 g/mol. The number of hydrogen-bond acceptors (Lipinski definition) is 3. The third kappa shape index (κ3) is 2.30. The van der Waals surface area contributed by atoms with E-state index in [2.05, 4.69) is 30.4 Å². The van der Waals surface area contributed by atoms with E-state index in [9.17, 15) is 8.42 Å². The van der Waals surface area contributed by atoms with Crippen molar-refractivity contribution in [1.82, 2.24) is 4.72 Å². The van der Waals surface area contributed by atoms with Gasteiger partial charge in [-0.05, 0) is 32.9 Å². The van der Waals surface area contributed by atoms with Crippen LogP contribution in [0, 0.1) is 0 Å². The number of fused-ring (bicyclic) bond motifs is 1. The first-order chi connectivity index (χ1) is 7.82. The predicted octanol–water partition coefficient (Wildman–Crippen LogP) is 1.58. The zero-order valence-electron chi connectivity index (χ0n) is 10.4. The van der Waals surface area contributed by atoms with Gasteiger partial charge in [0.15, 0.2) is 0 Å². The van der Waals surface area contributed by atoms with Gasteiger partial charge in [-0.25, -0.2) is 13.1 Å². The Kier molecular flexibility index (Phi) is 2.91. The number of nitrogens with zero attached hydrogens (tertiary/aromatic N) is 1. The summed E-state index contributed by atoms with van der Waals surface area (Å²) >= 11 is 0. The molecule has 1 aliphatic rings. The molecule has 4 nitrogen and oxygen atoms in total. The Morgan fingerprint density at radius 3 is 2.53 bits per heavy atom. The van der Waals surface area contributed by atoms with Crippen molar-refractivity contribution in [1.29, 1.82) is 0 Å². The number of para-hydroxylation sites is 1. The second kappa shape index (κ2) is 3.99. The van der Waals surface area contributed by atoms with Gasteiger partial charge in [-0.3, -0.25) is 0 Å². The van der Waals surface area contributed by atoms with E-state index in [1.54, 1.807) is 12.1 Å². The van der Waals surface area contributed by atoms with Crippen molar-refractivity contribution in [2.45, 2.75) is 31.2 Å². The smallest absolute Gasteiger partial charge is 0.242 e. The predicted molar refractivity (Wildman–Crippen MR) is 68.7 cm³/mol. The average Bonchev–Trinajstić information content (AvgIpc) is 2.35. The normalized spacial score (nSPS) is 19.6. The van der Waals surface area contributed by atoms with E-state index in [0.29, 0.717) is 18.0 Å². The van der Waals surface area contributed by atoms with Crippen LogP contribution >= 0.6 is 0 Å². The lowest BCUT2D eigenvalue weighted by Crippen LogP contribution is -2.43. The molecule has 0 bridgehead atoms. The number of nitrogens with one attached hydrogen (secondary N) is 1. The van der Waals surface area contributed by atoms with E-state index >= 15 is 0 Å². The number of sulfonamides is 1. The summed E-state index contributed by atoms with van der Waals surface area (Å²) in [7, 11) is -3.36. The van der Waals surface area contributed by atoms with Gasteiger partial charge in [-0.2, -0.15) is 0 Å². The Labute approximate surface area is 103 Å². The summed E-state index contributed by atoms with van der Waals surface area (Å²) in [6.07, 6.45) is 0. The quantitative estimate of drug-likeness (QED) is 0.765. The molecule has 1 aromatic rings. The zero-order chi connectivity index (χ0) is 12.7. The van der Waals surface area contributed by atoms with Crippen molar-refractivity contribution >= 4 is 15.7 Å². The van der Waals surface area contributed by atoms with Gasteiger partial charge >= 0.3 is 0 Å². The number of benzene rings is 1. The van der Waals surface area contributed by atoms with Gasteiger partial charge in [0, 0.05) is 18.6 Å². The largest absolute Gasteiger partial charge is 0.364 e. The van der Waals surface area contributed by atoms with Crippen molar-refractivity contribution in [3.63, 3.8) is 0 Å². The molecule has 94 valence electrons. The van der Waals surface area contributed by atoms with Crippen molar-refractivity contribution in [2.24, 2.45) is 0 Å². The van der Waals surface area contributed by atoms with E-state index < -0.39 is 10.0 Å². The summed E-state index contributed by atoms with van der Waals surface area (Å²) in [6.45, 7) is 7.37. The third-order valence-electron chi connectivity index (χ3n) is 2.88. The fourth-order valence-corrected chi connectivity index (χ4v) is 3.32. The molecule has 1 N–H and O–H groups in total. The van der Waals surface area contributed by atoms with Gasteiger partial charge in [0.1, 0.15) is 4.90 Å². The molecule has 0 aliphatic carbocycles. The molecule has 0 amide bonds. The highest BCUT2D eigenvalue weighted by Gasteiger charge is 2.30. The first-order valence-corrected chi connectivity index (χ1v) is 7.17. The zero-order valence-corrected chi connectivity index (χ0v) is 11.2. The van der Waals surface area contributed by atoms with Crippen LogP contribution < -0.4 is 9.62 Å². The molecule has 0 spiro atoms. The van der Waals surface area contributed by atoms with Crippen LogP contribution in [0.3, 0.4) is 0 Å². The Morgan fingerprint density at radius 1 is 1.24 bits per heavy atom. The summed E-state index contributed by atoms with van der Waals surface area (Å²) in [6, 6.07) is 7.15. The molecule has 17 heavy (non-hydrogen) atoms. The highest BCUT2D eigenvalue weighted by atomic mass is 32.2. The van der Waals surface area contributed by atoms with E-state index in [1.807, 2.05) is 12.1 Å². The SMILES string of the molecule is CC(C)(C)N1CCNS(=O)(=O)c2ccccc21. The maximum Gasteiger partial charge on any atom is 0.242 e. The first kappa shape index (κ1) is 12.4. The van der Waals surface area contributed by atoms with Crippen LogP contribution in [0.4, 0.5) is 5.69 Å². The highest BCUT2D eigenvalue weighted by Crippen LogP contribution is 2.31. The number of anilines is 1. The maximum absolute atomic E-state index is 12.0. The molecule has 5 heteroatoms. The van der Waals surface area contributed by atoms with Gasteiger partial charge in [-0.1, -0.05) is 12.1 Å². The second-order valence-electron chi connectivity index (χ2n) is 5.19. The summed E-state index contributed by atoms with van der Waals surface area (Å²) in [5, 5.41) is 0. The number of rotatable bonds is 0. The second-order valence-corrected chi connectivity index (χ2v) is 6.92. The van der Waals surface area contributed by atoms with E-state index in [4.69, 9.17) is 0 Å². The van der Waals surface area contributed by atoms with Crippen molar-refractivity contribution in [3.8, 4) is 0 Å². The van der Waals surface area contributed by atoms with Crippen LogP contribution in [0.5, 0.6) is 0 Å². The molecule has 0 saturated heterocycles. The van der Waals surface area contributed by atoms with Gasteiger partial charge < -0.3 is 4.90 Å². The molecule has 1 heterocycles. The molecule has 0 radical (unpaired) electrons. The van der Waals surface area contributed by atoms with Gasteiger partial charge in [0.25, 0.3) is 0 Å². The molecule has 0 aromatic heterocycles. The topological polar surface area (TPSA) is 49.4 Å². The van der Waals surface area contributed by atoms with Crippen molar-refractivity contribution in [2.75, 3.05) is 18.0 Å². The van der Waals surface area contributed by atoms with Crippen LogP contribution in [-0.4, -0.2) is 27.0 Å². The van der Waals surface area contributed by atoms with Crippen LogP contribution in [-0.2, 0) is 10.0 Å². The fourth-order valence-electron chi connectivity index (χ4n) is 2.09. The molecule has 2 rings (SSSR count).